The van der Waals surface area contributed by atoms with Crippen LogP contribution in [0.25, 0.3) is 0 Å². The summed E-state index contributed by atoms with van der Waals surface area (Å²) in [5, 5.41) is 15.7. The molecule has 1 amide bonds. The van der Waals surface area contributed by atoms with E-state index < -0.39 is 5.54 Å². The van der Waals surface area contributed by atoms with Crippen molar-refractivity contribution in [2.45, 2.75) is 18.9 Å². The zero-order chi connectivity index (χ0) is 13.0. The smallest absolute Gasteiger partial charge is 0.221 e. The van der Waals surface area contributed by atoms with Crippen LogP contribution in [0.4, 0.5) is 0 Å². The van der Waals surface area contributed by atoms with E-state index in [1.807, 2.05) is 37.3 Å². The monoisotopic (exact) mass is 248 g/mol. The number of aliphatic hydroxyl groups is 1. The van der Waals surface area contributed by atoms with Crippen LogP contribution in [0.3, 0.4) is 0 Å². The number of benzene rings is 1. The van der Waals surface area contributed by atoms with Crippen LogP contribution in [0.1, 0.15) is 18.9 Å². The second kappa shape index (κ2) is 5.50. The maximum absolute atomic E-state index is 11.9. The molecule has 1 aromatic rings. The molecule has 2 rings (SSSR count). The van der Waals surface area contributed by atoms with Crippen molar-refractivity contribution in [1.82, 2.24) is 10.6 Å². The summed E-state index contributed by atoms with van der Waals surface area (Å²) in [5.74, 6) is 0.436. The Kier molecular flexibility index (Phi) is 3.99. The summed E-state index contributed by atoms with van der Waals surface area (Å²) >= 11 is 0. The second-order valence-corrected chi connectivity index (χ2v) is 5.13. The van der Waals surface area contributed by atoms with E-state index in [0.29, 0.717) is 12.3 Å². The zero-order valence-corrected chi connectivity index (χ0v) is 10.6. The first kappa shape index (κ1) is 13.1. The van der Waals surface area contributed by atoms with Gasteiger partial charge in [-0.15, -0.1) is 0 Å². The number of hydrogen-bond acceptors (Lipinski definition) is 3. The van der Waals surface area contributed by atoms with Crippen molar-refractivity contribution in [2.24, 2.45) is 5.92 Å². The minimum atomic E-state index is -0.699. The normalized spacial score (nSPS) is 18.8. The average molecular weight is 248 g/mol. The highest BCUT2D eigenvalue weighted by Gasteiger charge is 2.29. The molecular formula is C14H20N2O2. The Balaban J connectivity index is 2.01. The summed E-state index contributed by atoms with van der Waals surface area (Å²) in [6.07, 6.45) is 0.523. The fourth-order valence-electron chi connectivity index (χ4n) is 2.12. The Labute approximate surface area is 107 Å². The zero-order valence-electron chi connectivity index (χ0n) is 10.6. The molecule has 1 atom stereocenters. The van der Waals surface area contributed by atoms with Crippen LogP contribution in [-0.4, -0.2) is 30.7 Å². The fourth-order valence-corrected chi connectivity index (χ4v) is 2.12. The molecule has 1 fully saturated rings. The second-order valence-electron chi connectivity index (χ2n) is 5.13. The first-order valence-electron chi connectivity index (χ1n) is 6.32. The summed E-state index contributed by atoms with van der Waals surface area (Å²) < 4.78 is 0. The van der Waals surface area contributed by atoms with E-state index in [4.69, 9.17) is 0 Å². The van der Waals surface area contributed by atoms with Gasteiger partial charge in [-0.1, -0.05) is 30.3 Å². The van der Waals surface area contributed by atoms with Crippen molar-refractivity contribution in [2.75, 3.05) is 19.7 Å². The van der Waals surface area contributed by atoms with Crippen LogP contribution in [0.15, 0.2) is 30.3 Å². The summed E-state index contributed by atoms with van der Waals surface area (Å²) in [7, 11) is 0. The summed E-state index contributed by atoms with van der Waals surface area (Å²) in [4.78, 5) is 11.9. The number of carbonyl (C=O) groups excluding carboxylic acids is 1. The molecular weight excluding hydrogens is 228 g/mol. The van der Waals surface area contributed by atoms with Crippen LogP contribution in [0.2, 0.25) is 0 Å². The quantitative estimate of drug-likeness (QED) is 0.716. The van der Waals surface area contributed by atoms with Gasteiger partial charge in [0.05, 0.1) is 12.1 Å². The van der Waals surface area contributed by atoms with Crippen molar-refractivity contribution < 1.29 is 9.90 Å². The van der Waals surface area contributed by atoms with Gasteiger partial charge in [0.25, 0.3) is 0 Å². The lowest BCUT2D eigenvalue weighted by Gasteiger charge is -2.32. The standard InChI is InChI=1S/C14H20N2O2/c1-14(10-17,12-5-3-2-4-6-12)16-13(18)7-11-8-15-9-11/h2-6,11,15,17H,7-10H2,1H3,(H,16,18). The van der Waals surface area contributed by atoms with E-state index in [9.17, 15) is 9.90 Å². The number of amides is 1. The Morgan fingerprint density at radius 1 is 1.44 bits per heavy atom. The molecule has 4 nitrogen and oxygen atoms in total. The van der Waals surface area contributed by atoms with Gasteiger partial charge in [-0.05, 0) is 31.5 Å². The SMILES string of the molecule is CC(CO)(NC(=O)CC1CNC1)c1ccccc1. The molecule has 0 aromatic heterocycles. The van der Waals surface area contributed by atoms with Crippen molar-refractivity contribution >= 4 is 5.91 Å². The number of hydrogen-bond donors (Lipinski definition) is 3. The molecule has 1 saturated heterocycles. The first-order chi connectivity index (χ1) is 8.64. The first-order valence-corrected chi connectivity index (χ1v) is 6.32. The van der Waals surface area contributed by atoms with Crippen LogP contribution >= 0.6 is 0 Å². The highest BCUT2D eigenvalue weighted by molar-refractivity contribution is 5.77. The third kappa shape index (κ3) is 2.89. The molecule has 0 bridgehead atoms. The molecule has 0 radical (unpaired) electrons. The van der Waals surface area contributed by atoms with Gasteiger partial charge in [0.15, 0.2) is 0 Å². The minimum Gasteiger partial charge on any atom is -0.394 e. The molecule has 1 aliphatic rings. The largest absolute Gasteiger partial charge is 0.394 e. The van der Waals surface area contributed by atoms with Gasteiger partial charge in [-0.3, -0.25) is 4.79 Å². The minimum absolute atomic E-state index is 0.00176. The lowest BCUT2D eigenvalue weighted by molar-refractivity contribution is -0.124. The molecule has 1 aromatic carbocycles. The Bertz CT molecular complexity index is 404. The Hall–Kier alpha value is -1.39. The number of rotatable bonds is 5. The van der Waals surface area contributed by atoms with E-state index in [1.54, 1.807) is 0 Å². The van der Waals surface area contributed by atoms with Gasteiger partial charge in [0, 0.05) is 6.42 Å². The molecule has 98 valence electrons. The maximum Gasteiger partial charge on any atom is 0.221 e. The molecule has 0 aliphatic carbocycles. The van der Waals surface area contributed by atoms with E-state index in [1.165, 1.54) is 0 Å². The van der Waals surface area contributed by atoms with Crippen molar-refractivity contribution in [1.29, 1.82) is 0 Å². The van der Waals surface area contributed by atoms with Crippen LogP contribution in [-0.2, 0) is 10.3 Å². The molecule has 0 spiro atoms. The third-order valence-electron chi connectivity index (χ3n) is 3.48. The third-order valence-corrected chi connectivity index (χ3v) is 3.48. The molecule has 3 N–H and O–H groups in total. The van der Waals surface area contributed by atoms with Crippen molar-refractivity contribution in [3.05, 3.63) is 35.9 Å². The topological polar surface area (TPSA) is 61.4 Å². The lowest BCUT2D eigenvalue weighted by Crippen LogP contribution is -2.50. The van der Waals surface area contributed by atoms with Crippen molar-refractivity contribution in [3.8, 4) is 0 Å². The number of carbonyl (C=O) groups is 1. The van der Waals surface area contributed by atoms with Crippen LogP contribution in [0.5, 0.6) is 0 Å². The highest BCUT2D eigenvalue weighted by atomic mass is 16.3. The molecule has 1 heterocycles. The summed E-state index contributed by atoms with van der Waals surface area (Å²) in [5.41, 5.74) is 0.225. The van der Waals surface area contributed by atoms with Crippen LogP contribution in [0, 0.1) is 5.92 Å². The van der Waals surface area contributed by atoms with Crippen molar-refractivity contribution in [3.63, 3.8) is 0 Å². The highest BCUT2D eigenvalue weighted by Crippen LogP contribution is 2.20. The molecule has 18 heavy (non-hydrogen) atoms. The van der Waals surface area contributed by atoms with Gasteiger partial charge in [-0.2, -0.15) is 0 Å². The number of nitrogens with one attached hydrogen (secondary N) is 2. The summed E-state index contributed by atoms with van der Waals surface area (Å²) in [6.45, 7) is 3.56. The lowest BCUT2D eigenvalue weighted by atomic mass is 9.91. The van der Waals surface area contributed by atoms with Gasteiger partial charge >= 0.3 is 0 Å². The molecule has 1 aliphatic heterocycles. The van der Waals surface area contributed by atoms with Gasteiger partial charge in [0.1, 0.15) is 0 Å². The predicted octanol–water partition coefficient (Wildman–Crippen LogP) is 0.620. The van der Waals surface area contributed by atoms with Gasteiger partial charge in [0.2, 0.25) is 5.91 Å². The van der Waals surface area contributed by atoms with E-state index in [2.05, 4.69) is 10.6 Å². The Morgan fingerprint density at radius 3 is 2.61 bits per heavy atom. The Morgan fingerprint density at radius 2 is 2.11 bits per heavy atom. The van der Waals surface area contributed by atoms with E-state index in [-0.39, 0.29) is 12.5 Å². The predicted molar refractivity (Wildman–Crippen MR) is 70.0 cm³/mol. The molecule has 0 saturated carbocycles. The van der Waals surface area contributed by atoms with E-state index >= 15 is 0 Å². The fraction of sp³-hybridized carbons (Fsp3) is 0.500. The summed E-state index contributed by atoms with van der Waals surface area (Å²) in [6, 6.07) is 9.57. The van der Waals surface area contributed by atoms with E-state index in [0.717, 1.165) is 18.7 Å². The van der Waals surface area contributed by atoms with Gasteiger partial charge < -0.3 is 15.7 Å². The molecule has 1 unspecified atom stereocenters. The maximum atomic E-state index is 11.9. The average Bonchev–Trinajstić information content (AvgIpc) is 2.35. The van der Waals surface area contributed by atoms with Gasteiger partial charge in [-0.25, -0.2) is 0 Å². The van der Waals surface area contributed by atoms with Crippen LogP contribution < -0.4 is 10.6 Å². The molecule has 4 heteroatoms. The number of aliphatic hydroxyl groups excluding tert-OH is 1.